The highest BCUT2D eigenvalue weighted by Crippen LogP contribution is 2.18. The van der Waals surface area contributed by atoms with Gasteiger partial charge in [-0.25, -0.2) is 0 Å². The average Bonchev–Trinajstić information content (AvgIpc) is 2.17. The first-order chi connectivity index (χ1) is 6.74. The normalized spacial score (nSPS) is 9.50. The fourth-order valence-corrected chi connectivity index (χ4v) is 1.15. The van der Waals surface area contributed by atoms with Crippen molar-refractivity contribution in [3.8, 4) is 5.75 Å². The summed E-state index contributed by atoms with van der Waals surface area (Å²) in [7, 11) is 0. The molecule has 1 aromatic carbocycles. The molecule has 0 aliphatic heterocycles. The van der Waals surface area contributed by atoms with E-state index in [0.29, 0.717) is 0 Å². The van der Waals surface area contributed by atoms with Crippen molar-refractivity contribution in [2.75, 3.05) is 6.61 Å². The van der Waals surface area contributed by atoms with Gasteiger partial charge < -0.3 is 4.74 Å². The molecule has 0 saturated carbocycles. The van der Waals surface area contributed by atoms with Crippen molar-refractivity contribution < 1.29 is 9.53 Å². The van der Waals surface area contributed by atoms with E-state index >= 15 is 0 Å². The van der Waals surface area contributed by atoms with E-state index in [4.69, 9.17) is 4.74 Å². The highest BCUT2D eigenvalue weighted by atomic mass is 16.5. The summed E-state index contributed by atoms with van der Waals surface area (Å²) < 4.78 is 5.35. The largest absolute Gasteiger partial charge is 0.486 e. The molecule has 0 heterocycles. The minimum atomic E-state index is 0.0263. The number of allylic oxidation sites excluding steroid dienone is 1. The van der Waals surface area contributed by atoms with E-state index in [1.54, 1.807) is 0 Å². The van der Waals surface area contributed by atoms with Crippen molar-refractivity contribution in [2.45, 2.75) is 13.3 Å². The van der Waals surface area contributed by atoms with E-state index in [1.807, 2.05) is 30.3 Å². The summed E-state index contributed by atoms with van der Waals surface area (Å²) in [5.41, 5.74) is 1.06. The molecule has 0 saturated heterocycles. The third-order valence-corrected chi connectivity index (χ3v) is 1.77. The number of para-hydroxylation sites is 1. The molecule has 0 fully saturated rings. The topological polar surface area (TPSA) is 26.3 Å². The van der Waals surface area contributed by atoms with Gasteiger partial charge >= 0.3 is 0 Å². The molecule has 0 bridgehead atoms. The van der Waals surface area contributed by atoms with Crippen molar-refractivity contribution in [1.82, 2.24) is 0 Å². The quantitative estimate of drug-likeness (QED) is 0.666. The summed E-state index contributed by atoms with van der Waals surface area (Å²) in [6, 6.07) is 7.67. The molecule has 0 unspecified atom stereocenters. The number of benzene rings is 1. The molecule has 0 N–H and O–H groups in total. The van der Waals surface area contributed by atoms with E-state index in [0.717, 1.165) is 17.7 Å². The van der Waals surface area contributed by atoms with Crippen LogP contribution in [0.5, 0.6) is 5.75 Å². The maximum Gasteiger partial charge on any atom is 0.167 e. The summed E-state index contributed by atoms with van der Waals surface area (Å²) in [4.78, 5) is 10.7. The number of ether oxygens (including phenoxy) is 1. The maximum atomic E-state index is 10.7. The fraction of sp³-hybridized carbons (Fsp3) is 0.250. The lowest BCUT2D eigenvalue weighted by atomic mass is 10.1. The predicted octanol–water partition coefficient (Wildman–Crippen LogP) is 2.38. The Morgan fingerprint density at radius 2 is 2.21 bits per heavy atom. The molecular weight excluding hydrogens is 176 g/mol. The van der Waals surface area contributed by atoms with Crippen LogP contribution in [0.15, 0.2) is 36.9 Å². The highest BCUT2D eigenvalue weighted by molar-refractivity contribution is 5.77. The summed E-state index contributed by atoms with van der Waals surface area (Å²) in [6.07, 6.45) is 2.57. The molecule has 0 aliphatic carbocycles. The SMILES string of the molecule is C=CCc1ccccc1OCC(C)=O. The zero-order chi connectivity index (χ0) is 10.4. The summed E-state index contributed by atoms with van der Waals surface area (Å²) in [5, 5.41) is 0. The Morgan fingerprint density at radius 1 is 1.50 bits per heavy atom. The molecule has 0 amide bonds. The minimum absolute atomic E-state index is 0.0263. The van der Waals surface area contributed by atoms with Gasteiger partial charge in [-0.2, -0.15) is 0 Å². The van der Waals surface area contributed by atoms with Crippen LogP contribution in [0.1, 0.15) is 12.5 Å². The zero-order valence-electron chi connectivity index (χ0n) is 8.32. The van der Waals surface area contributed by atoms with Gasteiger partial charge in [0.2, 0.25) is 0 Å². The van der Waals surface area contributed by atoms with Crippen molar-refractivity contribution >= 4 is 5.78 Å². The fourth-order valence-electron chi connectivity index (χ4n) is 1.15. The Hall–Kier alpha value is -1.57. The highest BCUT2D eigenvalue weighted by Gasteiger charge is 2.01. The summed E-state index contributed by atoms with van der Waals surface area (Å²) in [6.45, 7) is 5.31. The van der Waals surface area contributed by atoms with E-state index in [9.17, 15) is 4.79 Å². The molecule has 0 aliphatic rings. The number of carbonyl (C=O) groups is 1. The zero-order valence-corrected chi connectivity index (χ0v) is 8.32. The van der Waals surface area contributed by atoms with Crippen molar-refractivity contribution in [1.29, 1.82) is 0 Å². The van der Waals surface area contributed by atoms with Crippen LogP contribution < -0.4 is 4.74 Å². The number of hydrogen-bond donors (Lipinski definition) is 0. The number of Topliss-reactive ketones (excluding diaryl/α,β-unsaturated/α-hetero) is 1. The summed E-state index contributed by atoms with van der Waals surface area (Å²) >= 11 is 0. The maximum absolute atomic E-state index is 10.7. The standard InChI is InChI=1S/C12H14O2/c1-3-6-11-7-4-5-8-12(11)14-9-10(2)13/h3-5,7-8H,1,6,9H2,2H3. The van der Waals surface area contributed by atoms with Gasteiger partial charge in [-0.15, -0.1) is 6.58 Å². The lowest BCUT2D eigenvalue weighted by molar-refractivity contribution is -0.118. The second kappa shape index (κ2) is 5.22. The van der Waals surface area contributed by atoms with Gasteiger partial charge in [-0.05, 0) is 25.0 Å². The van der Waals surface area contributed by atoms with E-state index in [2.05, 4.69) is 6.58 Å². The lowest BCUT2D eigenvalue weighted by Crippen LogP contribution is -2.07. The Balaban J connectivity index is 2.73. The Morgan fingerprint density at radius 3 is 2.86 bits per heavy atom. The van der Waals surface area contributed by atoms with E-state index in [1.165, 1.54) is 6.92 Å². The average molecular weight is 190 g/mol. The number of ketones is 1. The van der Waals surface area contributed by atoms with Gasteiger partial charge in [-0.3, -0.25) is 4.79 Å². The molecule has 14 heavy (non-hydrogen) atoms. The smallest absolute Gasteiger partial charge is 0.167 e. The Kier molecular flexibility index (Phi) is 3.92. The number of rotatable bonds is 5. The molecule has 74 valence electrons. The van der Waals surface area contributed by atoms with E-state index in [-0.39, 0.29) is 12.4 Å². The van der Waals surface area contributed by atoms with Crippen LogP contribution >= 0.6 is 0 Å². The van der Waals surface area contributed by atoms with Crippen LogP contribution in [0.4, 0.5) is 0 Å². The number of hydrogen-bond acceptors (Lipinski definition) is 2. The van der Waals surface area contributed by atoms with Crippen molar-refractivity contribution in [2.24, 2.45) is 0 Å². The lowest BCUT2D eigenvalue weighted by Gasteiger charge is -2.08. The van der Waals surface area contributed by atoms with Gasteiger partial charge in [-0.1, -0.05) is 24.3 Å². The first kappa shape index (κ1) is 10.5. The third-order valence-electron chi connectivity index (χ3n) is 1.77. The predicted molar refractivity (Wildman–Crippen MR) is 56.5 cm³/mol. The third kappa shape index (κ3) is 3.05. The first-order valence-corrected chi connectivity index (χ1v) is 4.55. The molecule has 0 atom stereocenters. The van der Waals surface area contributed by atoms with Crippen molar-refractivity contribution in [3.05, 3.63) is 42.5 Å². The second-order valence-electron chi connectivity index (χ2n) is 3.09. The summed E-state index contributed by atoms with van der Waals surface area (Å²) in [5.74, 6) is 0.793. The van der Waals surface area contributed by atoms with Crippen LogP contribution in [-0.2, 0) is 11.2 Å². The number of carbonyl (C=O) groups excluding carboxylic acids is 1. The van der Waals surface area contributed by atoms with Crippen LogP contribution in [0, 0.1) is 0 Å². The second-order valence-corrected chi connectivity index (χ2v) is 3.09. The van der Waals surface area contributed by atoms with E-state index < -0.39 is 0 Å². The van der Waals surface area contributed by atoms with Crippen LogP contribution in [0.3, 0.4) is 0 Å². The van der Waals surface area contributed by atoms with Crippen LogP contribution in [0.2, 0.25) is 0 Å². The van der Waals surface area contributed by atoms with Crippen molar-refractivity contribution in [3.63, 3.8) is 0 Å². The van der Waals surface area contributed by atoms with Gasteiger partial charge in [0.05, 0.1) is 0 Å². The minimum Gasteiger partial charge on any atom is -0.486 e. The first-order valence-electron chi connectivity index (χ1n) is 4.55. The van der Waals surface area contributed by atoms with Gasteiger partial charge in [0, 0.05) is 0 Å². The van der Waals surface area contributed by atoms with Gasteiger partial charge in [0.25, 0.3) is 0 Å². The van der Waals surface area contributed by atoms with Gasteiger partial charge in [0.1, 0.15) is 12.4 Å². The molecule has 2 heteroatoms. The molecule has 1 rings (SSSR count). The van der Waals surface area contributed by atoms with Crippen LogP contribution in [-0.4, -0.2) is 12.4 Å². The Bertz CT molecular complexity index is 329. The van der Waals surface area contributed by atoms with Crippen LogP contribution in [0.25, 0.3) is 0 Å². The molecule has 2 nitrogen and oxygen atoms in total. The molecule has 0 aromatic heterocycles. The van der Waals surface area contributed by atoms with Gasteiger partial charge in [0.15, 0.2) is 5.78 Å². The molecule has 1 aromatic rings. The monoisotopic (exact) mass is 190 g/mol. The molecule has 0 radical (unpaired) electrons. The molecule has 0 spiro atoms. The Labute approximate surface area is 84.2 Å². The molecular formula is C12H14O2.